The molecule has 0 N–H and O–H groups in total. The molecule has 1 rings (SSSR count). The Bertz CT molecular complexity index is 455. The monoisotopic (exact) mass is 251 g/mol. The van der Waals surface area contributed by atoms with Crippen molar-refractivity contribution in [3.63, 3.8) is 0 Å². The van der Waals surface area contributed by atoms with E-state index in [2.05, 4.69) is 6.58 Å². The molecule has 0 atom stereocenters. The van der Waals surface area contributed by atoms with Gasteiger partial charge in [-0.05, 0) is 19.9 Å². The fraction of sp³-hybridized carbons (Fsp3) is 0.385. The molecule has 1 aromatic rings. The third-order valence-corrected chi connectivity index (χ3v) is 2.32. The Morgan fingerprint density at radius 2 is 2.17 bits per heavy atom. The molecule has 5 heteroatoms. The minimum atomic E-state index is -0.425. The number of ether oxygens (including phenoxy) is 2. The van der Waals surface area contributed by atoms with E-state index in [0.717, 1.165) is 0 Å². The van der Waals surface area contributed by atoms with Crippen molar-refractivity contribution in [1.29, 1.82) is 0 Å². The number of nitrogens with zero attached hydrogens (tertiary/aromatic N) is 1. The summed E-state index contributed by atoms with van der Waals surface area (Å²) in [5.41, 5.74) is 0.509. The van der Waals surface area contributed by atoms with Gasteiger partial charge in [-0.25, -0.2) is 0 Å². The highest BCUT2D eigenvalue weighted by Crippen LogP contribution is 2.38. The van der Waals surface area contributed by atoms with E-state index in [0.29, 0.717) is 23.5 Å². The molecular weight excluding hydrogens is 234 g/mol. The Balaban J connectivity index is 3.42. The highest BCUT2D eigenvalue weighted by Gasteiger charge is 2.22. The molecule has 0 aromatic heterocycles. The van der Waals surface area contributed by atoms with Crippen molar-refractivity contribution in [2.45, 2.75) is 26.4 Å². The van der Waals surface area contributed by atoms with Crippen molar-refractivity contribution < 1.29 is 14.4 Å². The zero-order valence-corrected chi connectivity index (χ0v) is 10.8. The summed E-state index contributed by atoms with van der Waals surface area (Å²) in [4.78, 5) is 10.6. The molecule has 0 bridgehead atoms. The highest BCUT2D eigenvalue weighted by molar-refractivity contribution is 5.58. The molecule has 0 saturated carbocycles. The lowest BCUT2D eigenvalue weighted by Crippen LogP contribution is -2.10. The van der Waals surface area contributed by atoms with Gasteiger partial charge in [0, 0.05) is 12.5 Å². The molecule has 0 heterocycles. The first-order valence-electron chi connectivity index (χ1n) is 5.63. The maximum atomic E-state index is 11.0. The molecule has 0 fully saturated rings. The SMILES string of the molecule is C=CCc1c([N+](=O)[O-])ccc(OC)c1OC(C)C. The van der Waals surface area contributed by atoms with Crippen LogP contribution in [-0.2, 0) is 6.42 Å². The van der Waals surface area contributed by atoms with Gasteiger partial charge >= 0.3 is 0 Å². The summed E-state index contributed by atoms with van der Waals surface area (Å²) >= 11 is 0. The van der Waals surface area contributed by atoms with Crippen molar-refractivity contribution >= 4 is 5.69 Å². The van der Waals surface area contributed by atoms with E-state index in [1.165, 1.54) is 13.2 Å². The normalized spacial score (nSPS) is 10.2. The summed E-state index contributed by atoms with van der Waals surface area (Å²) in [5.74, 6) is 0.910. The van der Waals surface area contributed by atoms with Crippen LogP contribution in [0, 0.1) is 10.1 Å². The molecular formula is C13H17NO4. The lowest BCUT2D eigenvalue weighted by atomic mass is 10.1. The first-order valence-corrected chi connectivity index (χ1v) is 5.63. The first-order chi connectivity index (χ1) is 8.51. The van der Waals surface area contributed by atoms with E-state index in [-0.39, 0.29) is 11.8 Å². The number of nitro benzene ring substituents is 1. The summed E-state index contributed by atoms with van der Waals surface area (Å²) < 4.78 is 10.8. The zero-order chi connectivity index (χ0) is 13.7. The number of rotatable bonds is 6. The summed E-state index contributed by atoms with van der Waals surface area (Å²) in [6.45, 7) is 7.33. The molecule has 0 saturated heterocycles. The molecule has 18 heavy (non-hydrogen) atoms. The van der Waals surface area contributed by atoms with Crippen LogP contribution in [-0.4, -0.2) is 18.1 Å². The molecule has 0 unspecified atom stereocenters. The lowest BCUT2D eigenvalue weighted by molar-refractivity contribution is -0.385. The van der Waals surface area contributed by atoms with Crippen LogP contribution in [0.2, 0.25) is 0 Å². The Hall–Kier alpha value is -2.04. The second kappa shape index (κ2) is 6.05. The summed E-state index contributed by atoms with van der Waals surface area (Å²) in [5, 5.41) is 11.0. The maximum Gasteiger partial charge on any atom is 0.276 e. The van der Waals surface area contributed by atoms with Crippen LogP contribution in [0.15, 0.2) is 24.8 Å². The van der Waals surface area contributed by atoms with Gasteiger partial charge in [0.1, 0.15) is 0 Å². The van der Waals surface area contributed by atoms with E-state index in [9.17, 15) is 10.1 Å². The van der Waals surface area contributed by atoms with Crippen molar-refractivity contribution in [2.24, 2.45) is 0 Å². The fourth-order valence-corrected chi connectivity index (χ4v) is 1.63. The fourth-order valence-electron chi connectivity index (χ4n) is 1.63. The van der Waals surface area contributed by atoms with Crippen molar-refractivity contribution in [3.05, 3.63) is 40.5 Å². The number of benzene rings is 1. The number of allylic oxidation sites excluding steroid dienone is 1. The van der Waals surface area contributed by atoms with E-state index < -0.39 is 4.92 Å². The van der Waals surface area contributed by atoms with Crippen LogP contribution in [0.5, 0.6) is 11.5 Å². The Morgan fingerprint density at radius 3 is 2.61 bits per heavy atom. The third-order valence-electron chi connectivity index (χ3n) is 2.32. The van der Waals surface area contributed by atoms with Crippen molar-refractivity contribution in [2.75, 3.05) is 7.11 Å². The molecule has 1 aromatic carbocycles. The van der Waals surface area contributed by atoms with E-state index in [1.807, 2.05) is 13.8 Å². The van der Waals surface area contributed by atoms with Gasteiger partial charge in [0.2, 0.25) is 0 Å². The van der Waals surface area contributed by atoms with Crippen LogP contribution in [0.1, 0.15) is 19.4 Å². The minimum absolute atomic E-state index is 0.0198. The van der Waals surface area contributed by atoms with Gasteiger partial charge in [-0.3, -0.25) is 10.1 Å². The molecule has 0 radical (unpaired) electrons. The van der Waals surface area contributed by atoms with Gasteiger partial charge in [-0.15, -0.1) is 6.58 Å². The number of nitro groups is 1. The molecule has 0 spiro atoms. The van der Waals surface area contributed by atoms with E-state index in [4.69, 9.17) is 9.47 Å². The predicted octanol–water partition coefficient (Wildman–Crippen LogP) is 3.12. The average Bonchev–Trinajstić information content (AvgIpc) is 2.30. The Kier molecular flexibility index (Phi) is 4.71. The zero-order valence-electron chi connectivity index (χ0n) is 10.8. The number of hydrogen-bond acceptors (Lipinski definition) is 4. The Labute approximate surface area is 106 Å². The van der Waals surface area contributed by atoms with Gasteiger partial charge in [0.25, 0.3) is 5.69 Å². The molecule has 98 valence electrons. The average molecular weight is 251 g/mol. The van der Waals surface area contributed by atoms with Gasteiger partial charge in [-0.2, -0.15) is 0 Å². The summed E-state index contributed by atoms with van der Waals surface area (Å²) in [7, 11) is 1.51. The molecule has 5 nitrogen and oxygen atoms in total. The first kappa shape index (κ1) is 14.0. The van der Waals surface area contributed by atoms with Gasteiger partial charge < -0.3 is 9.47 Å². The van der Waals surface area contributed by atoms with Gasteiger partial charge in [0.15, 0.2) is 11.5 Å². The molecule has 0 aliphatic rings. The van der Waals surface area contributed by atoms with Gasteiger partial charge in [0.05, 0.1) is 23.7 Å². The second-order valence-electron chi connectivity index (χ2n) is 4.01. The predicted molar refractivity (Wildman–Crippen MR) is 69.3 cm³/mol. The third kappa shape index (κ3) is 3.00. The number of hydrogen-bond donors (Lipinski definition) is 0. The van der Waals surface area contributed by atoms with E-state index >= 15 is 0 Å². The number of methoxy groups -OCH3 is 1. The quantitative estimate of drug-likeness (QED) is 0.442. The molecule has 0 aliphatic carbocycles. The minimum Gasteiger partial charge on any atom is -0.493 e. The molecule has 0 amide bonds. The van der Waals surface area contributed by atoms with Crippen LogP contribution in [0.3, 0.4) is 0 Å². The standard InChI is InChI=1S/C13H17NO4/c1-5-6-10-11(14(15)16)7-8-12(17-4)13(10)18-9(2)3/h5,7-9H,1,6H2,2-4H3. The van der Waals surface area contributed by atoms with E-state index in [1.54, 1.807) is 12.1 Å². The highest BCUT2D eigenvalue weighted by atomic mass is 16.6. The van der Waals surface area contributed by atoms with Crippen LogP contribution < -0.4 is 9.47 Å². The summed E-state index contributed by atoms with van der Waals surface area (Å²) in [6.07, 6.45) is 1.87. The van der Waals surface area contributed by atoms with Crippen molar-refractivity contribution in [1.82, 2.24) is 0 Å². The summed E-state index contributed by atoms with van der Waals surface area (Å²) in [6, 6.07) is 2.97. The van der Waals surface area contributed by atoms with Crippen molar-refractivity contribution in [3.8, 4) is 11.5 Å². The Morgan fingerprint density at radius 1 is 1.50 bits per heavy atom. The maximum absolute atomic E-state index is 11.0. The lowest BCUT2D eigenvalue weighted by Gasteiger charge is -2.16. The second-order valence-corrected chi connectivity index (χ2v) is 4.01. The van der Waals surface area contributed by atoms with Crippen LogP contribution in [0.25, 0.3) is 0 Å². The van der Waals surface area contributed by atoms with Gasteiger partial charge in [-0.1, -0.05) is 6.08 Å². The van der Waals surface area contributed by atoms with Crippen LogP contribution in [0.4, 0.5) is 5.69 Å². The smallest absolute Gasteiger partial charge is 0.276 e. The largest absolute Gasteiger partial charge is 0.493 e. The topological polar surface area (TPSA) is 61.6 Å². The van der Waals surface area contributed by atoms with Crippen LogP contribution >= 0.6 is 0 Å². The molecule has 0 aliphatic heterocycles.